The van der Waals surface area contributed by atoms with Crippen molar-refractivity contribution in [1.29, 1.82) is 5.26 Å². The highest BCUT2D eigenvalue weighted by atomic mass is 79.9. The lowest BCUT2D eigenvalue weighted by molar-refractivity contribution is 1.28. The SMILES string of the molecule is N#Cc1cc2[nH]cc(Br)c2cn1. The molecule has 0 unspecified atom stereocenters. The topological polar surface area (TPSA) is 52.5 Å². The molecule has 12 heavy (non-hydrogen) atoms. The second kappa shape index (κ2) is 2.61. The number of nitrogens with one attached hydrogen (secondary N) is 1. The van der Waals surface area contributed by atoms with Gasteiger partial charge in [0.05, 0.1) is 5.52 Å². The first kappa shape index (κ1) is 7.32. The molecule has 2 aromatic heterocycles. The number of nitrogens with zero attached hydrogens (tertiary/aromatic N) is 2. The van der Waals surface area contributed by atoms with Crippen molar-refractivity contribution in [3.05, 3.63) is 28.6 Å². The van der Waals surface area contributed by atoms with Crippen LogP contribution >= 0.6 is 15.9 Å². The Morgan fingerprint density at radius 2 is 2.42 bits per heavy atom. The maximum Gasteiger partial charge on any atom is 0.142 e. The van der Waals surface area contributed by atoms with Crippen LogP contribution in [-0.2, 0) is 0 Å². The number of halogens is 1. The summed E-state index contributed by atoms with van der Waals surface area (Å²) >= 11 is 3.36. The zero-order chi connectivity index (χ0) is 8.55. The minimum Gasteiger partial charge on any atom is -0.360 e. The predicted octanol–water partition coefficient (Wildman–Crippen LogP) is 2.20. The van der Waals surface area contributed by atoms with E-state index >= 15 is 0 Å². The van der Waals surface area contributed by atoms with Crippen LogP contribution in [0.15, 0.2) is 22.9 Å². The molecule has 0 fully saturated rings. The molecule has 0 saturated heterocycles. The lowest BCUT2D eigenvalue weighted by Crippen LogP contribution is -1.80. The van der Waals surface area contributed by atoms with Gasteiger partial charge in [-0.2, -0.15) is 5.26 Å². The first-order chi connectivity index (χ1) is 5.81. The molecule has 1 N–H and O–H groups in total. The average Bonchev–Trinajstić information content (AvgIpc) is 2.47. The Kier molecular flexibility index (Phi) is 1.59. The highest BCUT2D eigenvalue weighted by Crippen LogP contribution is 2.22. The van der Waals surface area contributed by atoms with Gasteiger partial charge in [-0.15, -0.1) is 0 Å². The van der Waals surface area contributed by atoms with Crippen molar-refractivity contribution in [3.63, 3.8) is 0 Å². The van der Waals surface area contributed by atoms with Gasteiger partial charge in [-0.3, -0.25) is 0 Å². The van der Waals surface area contributed by atoms with E-state index in [9.17, 15) is 0 Å². The van der Waals surface area contributed by atoms with Crippen molar-refractivity contribution in [3.8, 4) is 6.07 Å². The van der Waals surface area contributed by atoms with Gasteiger partial charge in [0.2, 0.25) is 0 Å². The second-order valence-corrected chi connectivity index (χ2v) is 3.22. The molecule has 2 heterocycles. The van der Waals surface area contributed by atoms with E-state index in [-0.39, 0.29) is 0 Å². The van der Waals surface area contributed by atoms with Gasteiger partial charge in [0.25, 0.3) is 0 Å². The first-order valence-electron chi connectivity index (χ1n) is 3.34. The fourth-order valence-electron chi connectivity index (χ4n) is 1.05. The number of H-pyrrole nitrogens is 1. The quantitative estimate of drug-likeness (QED) is 0.742. The van der Waals surface area contributed by atoms with Crippen molar-refractivity contribution >= 4 is 26.8 Å². The van der Waals surface area contributed by atoms with E-state index in [1.807, 2.05) is 12.3 Å². The summed E-state index contributed by atoms with van der Waals surface area (Å²) in [5.74, 6) is 0. The molecule has 0 aliphatic heterocycles. The Hall–Kier alpha value is -1.34. The van der Waals surface area contributed by atoms with E-state index in [0.717, 1.165) is 15.4 Å². The molecule has 2 rings (SSSR count). The van der Waals surface area contributed by atoms with Crippen molar-refractivity contribution in [2.24, 2.45) is 0 Å². The molecule has 0 aliphatic carbocycles. The molecular weight excluding hydrogens is 218 g/mol. The number of nitriles is 1. The van der Waals surface area contributed by atoms with Crippen molar-refractivity contribution in [1.82, 2.24) is 9.97 Å². The monoisotopic (exact) mass is 221 g/mol. The number of rotatable bonds is 0. The second-order valence-electron chi connectivity index (χ2n) is 2.36. The number of hydrogen-bond acceptors (Lipinski definition) is 2. The largest absolute Gasteiger partial charge is 0.360 e. The van der Waals surface area contributed by atoms with E-state index in [2.05, 4.69) is 25.9 Å². The van der Waals surface area contributed by atoms with Gasteiger partial charge >= 0.3 is 0 Å². The Balaban J connectivity index is 2.80. The van der Waals surface area contributed by atoms with Crippen LogP contribution in [0.2, 0.25) is 0 Å². The highest BCUT2D eigenvalue weighted by Gasteiger charge is 2.01. The highest BCUT2D eigenvalue weighted by molar-refractivity contribution is 9.10. The molecule has 0 aromatic carbocycles. The molecular formula is C8H4BrN3. The van der Waals surface area contributed by atoms with Crippen LogP contribution in [0.3, 0.4) is 0 Å². The molecule has 4 heteroatoms. The molecule has 0 saturated carbocycles. The third-order valence-electron chi connectivity index (χ3n) is 1.63. The van der Waals surface area contributed by atoms with E-state index in [1.54, 1.807) is 12.3 Å². The first-order valence-corrected chi connectivity index (χ1v) is 4.13. The molecule has 0 aliphatic rings. The van der Waals surface area contributed by atoms with Crippen LogP contribution < -0.4 is 0 Å². The van der Waals surface area contributed by atoms with Crippen molar-refractivity contribution < 1.29 is 0 Å². The molecule has 58 valence electrons. The molecule has 0 atom stereocenters. The van der Waals surface area contributed by atoms with Crippen LogP contribution in [0.4, 0.5) is 0 Å². The van der Waals surface area contributed by atoms with Crippen LogP contribution in [0.5, 0.6) is 0 Å². The predicted molar refractivity (Wildman–Crippen MR) is 48.5 cm³/mol. The summed E-state index contributed by atoms with van der Waals surface area (Å²) in [4.78, 5) is 6.97. The van der Waals surface area contributed by atoms with Gasteiger partial charge in [-0.05, 0) is 22.0 Å². The number of aromatic amines is 1. The summed E-state index contributed by atoms with van der Waals surface area (Å²) < 4.78 is 0.967. The molecule has 0 bridgehead atoms. The molecule has 2 aromatic rings. The number of fused-ring (bicyclic) bond motifs is 1. The Morgan fingerprint density at radius 3 is 3.17 bits per heavy atom. The fourth-order valence-corrected chi connectivity index (χ4v) is 1.48. The third kappa shape index (κ3) is 0.990. The van der Waals surface area contributed by atoms with E-state index < -0.39 is 0 Å². The number of pyridine rings is 1. The maximum absolute atomic E-state index is 8.57. The van der Waals surface area contributed by atoms with Crippen molar-refractivity contribution in [2.75, 3.05) is 0 Å². The van der Waals surface area contributed by atoms with Gasteiger partial charge in [-0.1, -0.05) is 0 Å². The Morgan fingerprint density at radius 1 is 1.58 bits per heavy atom. The Labute approximate surface area is 77.2 Å². The number of aromatic nitrogens is 2. The standard InChI is InChI=1S/C8H4BrN3/c9-7-4-12-8-1-5(2-10)11-3-6(7)8/h1,3-4,12H. The van der Waals surface area contributed by atoms with E-state index in [4.69, 9.17) is 5.26 Å². The van der Waals surface area contributed by atoms with Gasteiger partial charge in [0.1, 0.15) is 11.8 Å². The van der Waals surface area contributed by atoms with E-state index in [1.165, 1.54) is 0 Å². The lowest BCUT2D eigenvalue weighted by Gasteiger charge is -1.89. The van der Waals surface area contributed by atoms with Crippen LogP contribution in [0.25, 0.3) is 10.9 Å². The number of hydrogen-bond donors (Lipinski definition) is 1. The minimum atomic E-state index is 0.428. The third-order valence-corrected chi connectivity index (χ3v) is 2.29. The zero-order valence-electron chi connectivity index (χ0n) is 6.00. The fraction of sp³-hybridized carbons (Fsp3) is 0. The van der Waals surface area contributed by atoms with Crippen molar-refractivity contribution in [2.45, 2.75) is 0 Å². The van der Waals surface area contributed by atoms with Gasteiger partial charge in [-0.25, -0.2) is 4.98 Å². The van der Waals surface area contributed by atoms with Crippen LogP contribution in [0, 0.1) is 11.3 Å². The molecule has 0 amide bonds. The average molecular weight is 222 g/mol. The van der Waals surface area contributed by atoms with E-state index in [0.29, 0.717) is 5.69 Å². The van der Waals surface area contributed by atoms with Crippen LogP contribution in [0.1, 0.15) is 5.69 Å². The normalized spacial score (nSPS) is 10.0. The van der Waals surface area contributed by atoms with Gasteiger partial charge in [0, 0.05) is 22.3 Å². The molecule has 3 nitrogen and oxygen atoms in total. The summed E-state index contributed by atoms with van der Waals surface area (Å²) in [5.41, 5.74) is 1.35. The maximum atomic E-state index is 8.57. The lowest BCUT2D eigenvalue weighted by atomic mass is 10.3. The van der Waals surface area contributed by atoms with Gasteiger partial charge in [0.15, 0.2) is 0 Å². The smallest absolute Gasteiger partial charge is 0.142 e. The summed E-state index contributed by atoms with van der Waals surface area (Å²) in [5, 5.41) is 9.56. The molecule has 0 spiro atoms. The van der Waals surface area contributed by atoms with Gasteiger partial charge < -0.3 is 4.98 Å². The Bertz CT molecular complexity index is 467. The summed E-state index contributed by atoms with van der Waals surface area (Å²) in [6.07, 6.45) is 3.50. The summed E-state index contributed by atoms with van der Waals surface area (Å²) in [6, 6.07) is 3.70. The summed E-state index contributed by atoms with van der Waals surface area (Å²) in [6.45, 7) is 0. The van der Waals surface area contributed by atoms with Crippen LogP contribution in [-0.4, -0.2) is 9.97 Å². The molecule has 0 radical (unpaired) electrons. The zero-order valence-corrected chi connectivity index (χ0v) is 7.59. The summed E-state index contributed by atoms with van der Waals surface area (Å²) in [7, 11) is 0. The minimum absolute atomic E-state index is 0.428.